The highest BCUT2D eigenvalue weighted by molar-refractivity contribution is 14.1. The summed E-state index contributed by atoms with van der Waals surface area (Å²) >= 11 is 5.92. The summed E-state index contributed by atoms with van der Waals surface area (Å²) in [5.74, 6) is -0.135. The van der Waals surface area contributed by atoms with Crippen LogP contribution in [0.3, 0.4) is 0 Å². The summed E-state index contributed by atoms with van der Waals surface area (Å²) in [6.07, 6.45) is -6.66. The van der Waals surface area contributed by atoms with E-state index in [-0.39, 0.29) is 11.7 Å². The van der Waals surface area contributed by atoms with Crippen molar-refractivity contribution in [1.82, 2.24) is 0 Å². The Morgan fingerprint density at radius 2 is 1.79 bits per heavy atom. The largest absolute Gasteiger partial charge is 0.460 e. The number of ether oxygens (including phenoxy) is 2. The number of benzene rings is 1. The zero-order valence-electron chi connectivity index (χ0n) is 15.2. The van der Waals surface area contributed by atoms with Gasteiger partial charge in [0.15, 0.2) is 5.75 Å². The molecule has 0 saturated carbocycles. The molecule has 5 N–H and O–H groups in total. The standard InChI is InChI=1S/C16H19I3N2O8/c1-5(24)20-10-7(17)11(21(2)4-23)9(19)15(8(10)18)29-16-14(27)13(26)12(25)6(3-22)28-16/h4,6,12-14,16,22,25-27H,3H2,1-2H3,(H,20,24)/t6-,12-,13+,14-,16-/m1/s1. The molecule has 0 bridgehead atoms. The first-order chi connectivity index (χ1) is 13.5. The molecule has 0 spiro atoms. The van der Waals surface area contributed by atoms with Crippen LogP contribution >= 0.6 is 67.8 Å². The Bertz CT molecular complexity index is 794. The number of carbonyl (C=O) groups excluding carboxylic acids is 2. The summed E-state index contributed by atoms with van der Waals surface area (Å²) < 4.78 is 12.8. The Morgan fingerprint density at radius 3 is 2.31 bits per heavy atom. The Hall–Kier alpha value is -0.0500. The van der Waals surface area contributed by atoms with Crippen molar-refractivity contribution in [3.63, 3.8) is 0 Å². The molecule has 29 heavy (non-hydrogen) atoms. The Kier molecular flexibility index (Phi) is 9.14. The van der Waals surface area contributed by atoms with Gasteiger partial charge in [-0.3, -0.25) is 9.59 Å². The van der Waals surface area contributed by atoms with E-state index in [0.717, 1.165) is 0 Å². The first-order valence-corrected chi connectivity index (χ1v) is 11.4. The molecular formula is C16H19I3N2O8. The van der Waals surface area contributed by atoms with Crippen molar-refractivity contribution in [2.45, 2.75) is 37.6 Å². The van der Waals surface area contributed by atoms with Crippen LogP contribution < -0.4 is 15.0 Å². The van der Waals surface area contributed by atoms with Gasteiger partial charge in [-0.05, 0) is 67.8 Å². The van der Waals surface area contributed by atoms with Gasteiger partial charge in [-0.2, -0.15) is 0 Å². The number of halogens is 3. The van der Waals surface area contributed by atoms with Crippen LogP contribution in [0.5, 0.6) is 5.75 Å². The van der Waals surface area contributed by atoms with E-state index in [1.807, 2.05) is 67.8 Å². The zero-order chi connectivity index (χ0) is 22.0. The molecule has 2 rings (SSSR count). The molecular weight excluding hydrogens is 729 g/mol. The van der Waals surface area contributed by atoms with E-state index in [1.165, 1.54) is 18.9 Å². The lowest BCUT2D eigenvalue weighted by Gasteiger charge is -2.40. The van der Waals surface area contributed by atoms with E-state index < -0.39 is 37.3 Å². The third-order valence-corrected chi connectivity index (χ3v) is 7.23. The van der Waals surface area contributed by atoms with Gasteiger partial charge < -0.3 is 40.1 Å². The van der Waals surface area contributed by atoms with Gasteiger partial charge in [0.25, 0.3) is 0 Å². The minimum Gasteiger partial charge on any atom is -0.460 e. The van der Waals surface area contributed by atoms with E-state index in [4.69, 9.17) is 9.47 Å². The van der Waals surface area contributed by atoms with Crippen LogP contribution in [0, 0.1) is 10.7 Å². The molecule has 1 aliphatic rings. The van der Waals surface area contributed by atoms with Crippen LogP contribution in [0.25, 0.3) is 0 Å². The fourth-order valence-corrected chi connectivity index (χ4v) is 7.11. The van der Waals surface area contributed by atoms with Crippen molar-refractivity contribution in [2.24, 2.45) is 0 Å². The van der Waals surface area contributed by atoms with Crippen molar-refractivity contribution in [1.29, 1.82) is 0 Å². The molecule has 1 aromatic rings. The minimum absolute atomic E-state index is 0.198. The number of hydrogen-bond donors (Lipinski definition) is 5. The predicted octanol–water partition coefficient (Wildman–Crippen LogP) is 0.230. The lowest BCUT2D eigenvalue weighted by Crippen LogP contribution is -2.60. The second-order valence-corrected chi connectivity index (χ2v) is 9.44. The summed E-state index contributed by atoms with van der Waals surface area (Å²) in [6.45, 7) is 0.743. The number of aliphatic hydroxyl groups excluding tert-OH is 4. The van der Waals surface area contributed by atoms with Crippen molar-refractivity contribution in [3.05, 3.63) is 10.7 Å². The number of amides is 2. The van der Waals surface area contributed by atoms with Crippen molar-refractivity contribution < 1.29 is 39.5 Å². The summed E-state index contributed by atoms with van der Waals surface area (Å²) in [4.78, 5) is 24.4. The quantitative estimate of drug-likeness (QED) is 0.205. The molecule has 162 valence electrons. The molecule has 1 aromatic carbocycles. The first kappa shape index (κ1) is 25.2. The summed E-state index contributed by atoms with van der Waals surface area (Å²) in [5.41, 5.74) is 0.868. The first-order valence-electron chi connectivity index (χ1n) is 8.18. The number of hydrogen-bond acceptors (Lipinski definition) is 8. The molecule has 1 saturated heterocycles. The highest BCUT2D eigenvalue weighted by Crippen LogP contribution is 2.45. The van der Waals surface area contributed by atoms with Gasteiger partial charge in [0.05, 0.1) is 28.7 Å². The summed E-state index contributed by atoms with van der Waals surface area (Å²) in [7, 11) is 1.54. The molecule has 0 aromatic heterocycles. The molecule has 2 amide bonds. The third kappa shape index (κ3) is 5.24. The molecule has 0 aliphatic carbocycles. The van der Waals surface area contributed by atoms with Crippen LogP contribution in [0.2, 0.25) is 0 Å². The van der Waals surface area contributed by atoms with E-state index in [9.17, 15) is 30.0 Å². The number of anilines is 2. The third-order valence-electron chi connectivity index (χ3n) is 4.15. The Morgan fingerprint density at radius 1 is 1.17 bits per heavy atom. The number of nitrogens with one attached hydrogen (secondary N) is 1. The fourth-order valence-electron chi connectivity index (χ4n) is 2.66. The average Bonchev–Trinajstić information content (AvgIpc) is 2.67. The van der Waals surface area contributed by atoms with Crippen molar-refractivity contribution >= 4 is 91.5 Å². The van der Waals surface area contributed by atoms with Gasteiger partial charge in [0, 0.05) is 14.0 Å². The van der Waals surface area contributed by atoms with Gasteiger partial charge >= 0.3 is 0 Å². The Labute approximate surface area is 207 Å². The maximum absolute atomic E-state index is 11.7. The zero-order valence-corrected chi connectivity index (χ0v) is 21.6. The molecule has 5 atom stereocenters. The molecule has 1 heterocycles. The summed E-state index contributed by atoms with van der Waals surface area (Å²) in [6, 6.07) is 0. The average molecular weight is 748 g/mol. The van der Waals surface area contributed by atoms with Crippen LogP contribution in [-0.4, -0.2) is 77.1 Å². The van der Waals surface area contributed by atoms with Crippen molar-refractivity contribution in [3.8, 4) is 5.75 Å². The maximum Gasteiger partial charge on any atom is 0.229 e. The second kappa shape index (κ2) is 10.5. The lowest BCUT2D eigenvalue weighted by atomic mass is 9.99. The summed E-state index contributed by atoms with van der Waals surface area (Å²) in [5, 5.41) is 42.3. The topological polar surface area (TPSA) is 149 Å². The van der Waals surface area contributed by atoms with Gasteiger partial charge in [-0.1, -0.05) is 0 Å². The predicted molar refractivity (Wildman–Crippen MR) is 128 cm³/mol. The van der Waals surface area contributed by atoms with E-state index in [2.05, 4.69) is 5.32 Å². The smallest absolute Gasteiger partial charge is 0.229 e. The van der Waals surface area contributed by atoms with Crippen LogP contribution in [-0.2, 0) is 14.3 Å². The number of nitrogens with zero attached hydrogens (tertiary/aromatic N) is 1. The molecule has 1 aliphatic heterocycles. The van der Waals surface area contributed by atoms with Gasteiger partial charge in [-0.15, -0.1) is 0 Å². The van der Waals surface area contributed by atoms with Crippen molar-refractivity contribution in [2.75, 3.05) is 23.9 Å². The molecule has 13 heteroatoms. The normalized spacial score (nSPS) is 26.7. The highest BCUT2D eigenvalue weighted by atomic mass is 127. The molecule has 0 radical (unpaired) electrons. The Balaban J connectivity index is 2.56. The number of aliphatic hydroxyl groups is 4. The number of carbonyl (C=O) groups is 2. The van der Waals surface area contributed by atoms with E-state index >= 15 is 0 Å². The van der Waals surface area contributed by atoms with Gasteiger partial charge in [0.1, 0.15) is 24.4 Å². The molecule has 10 nitrogen and oxygen atoms in total. The molecule has 1 fully saturated rings. The van der Waals surface area contributed by atoms with Gasteiger partial charge in [0.2, 0.25) is 18.6 Å². The highest BCUT2D eigenvalue weighted by Gasteiger charge is 2.45. The number of rotatable bonds is 6. The van der Waals surface area contributed by atoms with Gasteiger partial charge in [-0.25, -0.2) is 0 Å². The lowest BCUT2D eigenvalue weighted by molar-refractivity contribution is -0.277. The monoisotopic (exact) mass is 748 g/mol. The van der Waals surface area contributed by atoms with Crippen LogP contribution in [0.1, 0.15) is 6.92 Å². The maximum atomic E-state index is 11.7. The minimum atomic E-state index is -1.60. The fraction of sp³-hybridized carbons (Fsp3) is 0.500. The van der Waals surface area contributed by atoms with E-state index in [0.29, 0.717) is 28.5 Å². The van der Waals surface area contributed by atoms with E-state index in [1.54, 1.807) is 0 Å². The molecule has 0 unspecified atom stereocenters. The second-order valence-electron chi connectivity index (χ2n) is 6.21. The van der Waals surface area contributed by atoms with Crippen LogP contribution in [0.4, 0.5) is 11.4 Å². The van der Waals surface area contributed by atoms with Crippen LogP contribution in [0.15, 0.2) is 0 Å². The SMILES string of the molecule is CC(=O)Nc1c(I)c(O[C@H]2O[C@H](CO)[C@@H](O)[C@H](O)[C@H]2O)c(I)c(N(C)C=O)c1I.